The molecular weight excluding hydrogens is 435 g/mol. The van der Waals surface area contributed by atoms with Crippen molar-refractivity contribution in [2.24, 2.45) is 0 Å². The monoisotopic (exact) mass is 451 g/mol. The normalized spacial score (nSPS) is 19.2. The molecule has 0 unspecified atom stereocenters. The van der Waals surface area contributed by atoms with Gasteiger partial charge in [-0.2, -0.15) is 13.2 Å². The van der Waals surface area contributed by atoms with Crippen LogP contribution in [-0.4, -0.2) is 43.2 Å². The molecule has 0 spiro atoms. The summed E-state index contributed by atoms with van der Waals surface area (Å²) in [5.74, 6) is -0.805. The van der Waals surface area contributed by atoms with E-state index in [1.54, 1.807) is 12.1 Å². The molecule has 2 aromatic rings. The Bertz CT molecular complexity index is 1070. The average molecular weight is 451 g/mol. The van der Waals surface area contributed by atoms with Gasteiger partial charge in [-0.25, -0.2) is 0 Å². The maximum absolute atomic E-state index is 13.1. The first-order chi connectivity index (χ1) is 14.7. The SMILES string of the molecule is O=C1NC(=S)N(c2cccc(C(F)(F)F)c2)C(=O)/C1=C/c1ccc(N2CCOCC2)o1. The number of anilines is 2. The highest BCUT2D eigenvalue weighted by molar-refractivity contribution is 7.80. The lowest BCUT2D eigenvalue weighted by Gasteiger charge is -2.29. The quantitative estimate of drug-likeness (QED) is 0.440. The molecule has 1 aromatic heterocycles. The van der Waals surface area contributed by atoms with Gasteiger partial charge in [0.1, 0.15) is 11.3 Å². The van der Waals surface area contributed by atoms with Gasteiger partial charge in [-0.05, 0) is 42.6 Å². The highest BCUT2D eigenvalue weighted by Crippen LogP contribution is 2.33. The van der Waals surface area contributed by atoms with Crippen LogP contribution in [0.25, 0.3) is 6.08 Å². The minimum absolute atomic E-state index is 0.107. The average Bonchev–Trinajstić information content (AvgIpc) is 3.20. The fourth-order valence-electron chi connectivity index (χ4n) is 3.23. The third kappa shape index (κ3) is 4.32. The number of nitrogens with zero attached hydrogens (tertiary/aromatic N) is 2. The lowest BCUT2D eigenvalue weighted by Crippen LogP contribution is -2.54. The largest absolute Gasteiger partial charge is 0.441 e. The third-order valence-electron chi connectivity index (χ3n) is 4.76. The van der Waals surface area contributed by atoms with Crippen LogP contribution in [-0.2, 0) is 20.5 Å². The van der Waals surface area contributed by atoms with Crippen molar-refractivity contribution < 1.29 is 31.9 Å². The molecule has 2 saturated heterocycles. The number of hydrogen-bond acceptors (Lipinski definition) is 6. The first-order valence-electron chi connectivity index (χ1n) is 9.25. The number of alkyl halides is 3. The Morgan fingerprint density at radius 1 is 1.10 bits per heavy atom. The van der Waals surface area contributed by atoms with Crippen LogP contribution >= 0.6 is 12.2 Å². The summed E-state index contributed by atoms with van der Waals surface area (Å²) in [5, 5.41) is 2.03. The number of rotatable bonds is 3. The fourth-order valence-corrected chi connectivity index (χ4v) is 3.51. The summed E-state index contributed by atoms with van der Waals surface area (Å²) >= 11 is 5.03. The Morgan fingerprint density at radius 2 is 1.84 bits per heavy atom. The second-order valence-corrected chi connectivity index (χ2v) is 7.17. The van der Waals surface area contributed by atoms with Gasteiger partial charge in [0.2, 0.25) is 0 Å². The molecule has 1 aromatic carbocycles. The molecule has 0 saturated carbocycles. The number of morpholine rings is 1. The first kappa shape index (κ1) is 21.1. The minimum atomic E-state index is -4.59. The molecule has 0 bridgehead atoms. The standard InChI is InChI=1S/C20H16F3N3O4S/c21-20(22,23)12-2-1-3-13(10-12)26-18(28)15(17(27)24-19(26)31)11-14-4-5-16(30-14)25-6-8-29-9-7-25/h1-5,10-11H,6-9H2,(H,24,27,31)/b15-11+. The molecule has 0 atom stereocenters. The van der Waals surface area contributed by atoms with Crippen molar-refractivity contribution >= 4 is 46.8 Å². The Hall–Kier alpha value is -3.18. The second kappa shape index (κ2) is 8.16. The van der Waals surface area contributed by atoms with Crippen LogP contribution < -0.4 is 15.1 Å². The third-order valence-corrected chi connectivity index (χ3v) is 5.04. The number of thiocarbonyl (C=S) groups is 1. The summed E-state index contributed by atoms with van der Waals surface area (Å²) in [5.41, 5.74) is -1.36. The zero-order valence-electron chi connectivity index (χ0n) is 15.9. The van der Waals surface area contributed by atoms with E-state index < -0.39 is 23.6 Å². The topological polar surface area (TPSA) is 75.0 Å². The number of carbonyl (C=O) groups is 2. The Kier molecular flexibility index (Phi) is 5.54. The molecule has 3 heterocycles. The molecule has 162 valence electrons. The minimum Gasteiger partial charge on any atom is -0.441 e. The van der Waals surface area contributed by atoms with E-state index in [9.17, 15) is 22.8 Å². The number of amides is 2. The number of furan rings is 1. The summed E-state index contributed by atoms with van der Waals surface area (Å²) in [4.78, 5) is 28.2. The molecule has 0 aliphatic carbocycles. The lowest BCUT2D eigenvalue weighted by atomic mass is 10.1. The molecule has 2 amide bonds. The molecule has 2 aliphatic heterocycles. The van der Waals surface area contributed by atoms with Crippen LogP contribution in [0.15, 0.2) is 46.4 Å². The van der Waals surface area contributed by atoms with E-state index in [-0.39, 0.29) is 22.1 Å². The first-order valence-corrected chi connectivity index (χ1v) is 9.66. The molecule has 11 heteroatoms. The van der Waals surface area contributed by atoms with Crippen LogP contribution in [0.2, 0.25) is 0 Å². The molecule has 2 aliphatic rings. The zero-order valence-corrected chi connectivity index (χ0v) is 16.8. The Morgan fingerprint density at radius 3 is 2.55 bits per heavy atom. The number of hydrogen-bond donors (Lipinski definition) is 1. The molecular formula is C20H16F3N3O4S. The zero-order chi connectivity index (χ0) is 22.2. The molecule has 4 rings (SSSR count). The summed E-state index contributed by atoms with van der Waals surface area (Å²) in [6.07, 6.45) is -3.35. The van der Waals surface area contributed by atoms with E-state index in [1.807, 2.05) is 4.90 Å². The van der Waals surface area contributed by atoms with Gasteiger partial charge in [0, 0.05) is 19.2 Å². The number of benzene rings is 1. The van der Waals surface area contributed by atoms with Crippen molar-refractivity contribution in [3.05, 3.63) is 53.3 Å². The predicted octanol–water partition coefficient (Wildman–Crippen LogP) is 2.97. The van der Waals surface area contributed by atoms with Gasteiger partial charge >= 0.3 is 6.18 Å². The van der Waals surface area contributed by atoms with Gasteiger partial charge < -0.3 is 14.1 Å². The van der Waals surface area contributed by atoms with E-state index in [0.29, 0.717) is 32.2 Å². The van der Waals surface area contributed by atoms with Crippen LogP contribution in [0.1, 0.15) is 11.3 Å². The molecule has 7 nitrogen and oxygen atoms in total. The van der Waals surface area contributed by atoms with Gasteiger partial charge in [0.15, 0.2) is 11.0 Å². The van der Waals surface area contributed by atoms with E-state index in [2.05, 4.69) is 5.32 Å². The van der Waals surface area contributed by atoms with Crippen molar-refractivity contribution in [1.29, 1.82) is 0 Å². The number of nitrogens with one attached hydrogen (secondary N) is 1. The summed E-state index contributed by atoms with van der Waals surface area (Å²) in [7, 11) is 0. The highest BCUT2D eigenvalue weighted by atomic mass is 32.1. The maximum Gasteiger partial charge on any atom is 0.416 e. The van der Waals surface area contributed by atoms with E-state index in [4.69, 9.17) is 21.4 Å². The number of ether oxygens (including phenoxy) is 1. The number of halogens is 3. The molecule has 2 fully saturated rings. The van der Waals surface area contributed by atoms with E-state index in [1.165, 1.54) is 12.1 Å². The highest BCUT2D eigenvalue weighted by Gasteiger charge is 2.37. The van der Waals surface area contributed by atoms with Gasteiger partial charge in [-0.3, -0.25) is 19.8 Å². The number of carbonyl (C=O) groups excluding carboxylic acids is 2. The summed E-state index contributed by atoms with van der Waals surface area (Å²) in [6, 6.07) is 7.44. The Balaban J connectivity index is 1.63. The van der Waals surface area contributed by atoms with Crippen LogP contribution in [0.4, 0.5) is 24.7 Å². The van der Waals surface area contributed by atoms with Gasteiger partial charge in [-0.15, -0.1) is 0 Å². The van der Waals surface area contributed by atoms with Crippen LogP contribution in [0.3, 0.4) is 0 Å². The summed E-state index contributed by atoms with van der Waals surface area (Å²) < 4.78 is 50.2. The van der Waals surface area contributed by atoms with Gasteiger partial charge in [0.25, 0.3) is 11.8 Å². The van der Waals surface area contributed by atoms with Crippen molar-refractivity contribution in [1.82, 2.24) is 5.32 Å². The molecule has 0 radical (unpaired) electrons. The van der Waals surface area contributed by atoms with Gasteiger partial charge in [0.05, 0.1) is 24.5 Å². The van der Waals surface area contributed by atoms with Gasteiger partial charge in [-0.1, -0.05) is 6.07 Å². The second-order valence-electron chi connectivity index (χ2n) is 6.78. The van der Waals surface area contributed by atoms with Crippen LogP contribution in [0.5, 0.6) is 0 Å². The molecule has 31 heavy (non-hydrogen) atoms. The van der Waals surface area contributed by atoms with E-state index in [0.717, 1.165) is 23.1 Å². The van der Waals surface area contributed by atoms with Crippen molar-refractivity contribution in [3.63, 3.8) is 0 Å². The Labute approximate surface area is 180 Å². The summed E-state index contributed by atoms with van der Waals surface area (Å²) in [6.45, 7) is 2.39. The predicted molar refractivity (Wildman–Crippen MR) is 109 cm³/mol. The lowest BCUT2D eigenvalue weighted by molar-refractivity contribution is -0.137. The molecule has 1 N–H and O–H groups in total. The fraction of sp³-hybridized carbons (Fsp3) is 0.250. The smallest absolute Gasteiger partial charge is 0.416 e. The van der Waals surface area contributed by atoms with E-state index >= 15 is 0 Å². The maximum atomic E-state index is 13.1. The van der Waals surface area contributed by atoms with Crippen molar-refractivity contribution in [3.8, 4) is 0 Å². The van der Waals surface area contributed by atoms with Crippen molar-refractivity contribution in [2.45, 2.75) is 6.18 Å². The van der Waals surface area contributed by atoms with Crippen molar-refractivity contribution in [2.75, 3.05) is 36.1 Å². The van der Waals surface area contributed by atoms with Crippen LogP contribution in [0, 0.1) is 0 Å².